The van der Waals surface area contributed by atoms with E-state index >= 15 is 0 Å². The van der Waals surface area contributed by atoms with Crippen LogP contribution >= 0.6 is 0 Å². The highest BCUT2D eigenvalue weighted by molar-refractivity contribution is 5.91. The van der Waals surface area contributed by atoms with Gasteiger partial charge in [0.05, 0.1) is 43.7 Å². The quantitative estimate of drug-likeness (QED) is 0.305. The Morgan fingerprint density at radius 3 is 2.03 bits per heavy atom. The van der Waals surface area contributed by atoms with E-state index in [2.05, 4.69) is 0 Å². The Labute approximate surface area is 214 Å². The zero-order valence-electron chi connectivity index (χ0n) is 20.9. The number of ether oxygens (including phenoxy) is 3. The number of rotatable bonds is 7. The van der Waals surface area contributed by atoms with Crippen molar-refractivity contribution < 1.29 is 50.1 Å². The number of fused-ring (bicyclic) bond motifs is 1. The summed E-state index contributed by atoms with van der Waals surface area (Å²) in [6.45, 7) is 2.84. The first-order chi connectivity index (χ1) is 17.7. The largest absolute Gasteiger partial charge is 0.493 e. The summed E-state index contributed by atoms with van der Waals surface area (Å²) in [4.78, 5) is 27.4. The molecule has 0 spiro atoms. The monoisotopic (exact) mass is 548 g/mol. The average Bonchev–Trinajstić information content (AvgIpc) is 2.84. The van der Waals surface area contributed by atoms with Gasteiger partial charge >= 0.3 is 18.4 Å². The summed E-state index contributed by atoms with van der Waals surface area (Å²) in [6.07, 6.45) is -10.3. The van der Waals surface area contributed by atoms with Gasteiger partial charge in [0.2, 0.25) is 6.41 Å². The summed E-state index contributed by atoms with van der Waals surface area (Å²) in [7, 11) is 2.75. The smallest absolute Gasteiger partial charge is 0.416 e. The molecule has 1 aliphatic heterocycles. The van der Waals surface area contributed by atoms with Crippen LogP contribution in [0.2, 0.25) is 0 Å². The van der Waals surface area contributed by atoms with Gasteiger partial charge in [-0.1, -0.05) is 0 Å². The maximum atomic E-state index is 13.4. The molecule has 0 saturated carbocycles. The van der Waals surface area contributed by atoms with Crippen LogP contribution < -0.4 is 14.4 Å². The normalized spacial score (nSPS) is 17.5. The molecule has 0 aromatic heterocycles. The summed E-state index contributed by atoms with van der Waals surface area (Å²) in [5, 5.41) is 0. The Hall–Kier alpha value is -3.64. The van der Waals surface area contributed by atoms with Crippen molar-refractivity contribution >= 4 is 18.2 Å². The van der Waals surface area contributed by atoms with E-state index in [9.17, 15) is 35.9 Å². The molecule has 1 heterocycles. The Kier molecular flexibility index (Phi) is 8.37. The lowest BCUT2D eigenvalue weighted by atomic mass is 9.90. The van der Waals surface area contributed by atoms with Crippen LogP contribution in [-0.2, 0) is 28.4 Å². The second kappa shape index (κ2) is 11.0. The zero-order valence-corrected chi connectivity index (χ0v) is 20.9. The molecule has 2 aromatic rings. The van der Waals surface area contributed by atoms with Crippen LogP contribution in [-0.4, -0.2) is 44.3 Å². The van der Waals surface area contributed by atoms with Gasteiger partial charge in [-0.3, -0.25) is 9.69 Å². The first-order valence-corrected chi connectivity index (χ1v) is 11.5. The van der Waals surface area contributed by atoms with Crippen molar-refractivity contribution in [2.75, 3.05) is 25.7 Å². The predicted octanol–water partition coefficient (Wildman–Crippen LogP) is 6.20. The number of nitrogens with zero attached hydrogens (tertiary/aromatic N) is 2. The molecule has 1 aliphatic rings. The Morgan fingerprint density at radius 1 is 1.00 bits per heavy atom. The SMILES string of the molecule is CCOC(=O)N1c2cc(OC)c(OC)cc2[C@H](N(C=O)Cc2cc(C(F)(F)F)cc(C(F)(F)F)c2)C[C@@H]1C. The highest BCUT2D eigenvalue weighted by Gasteiger charge is 2.40. The van der Waals surface area contributed by atoms with E-state index in [1.54, 1.807) is 13.8 Å². The van der Waals surface area contributed by atoms with Gasteiger partial charge < -0.3 is 19.1 Å². The first kappa shape index (κ1) is 28.9. The molecule has 0 unspecified atom stereocenters. The summed E-state index contributed by atoms with van der Waals surface area (Å²) in [5.41, 5.74) is -2.64. The third kappa shape index (κ3) is 5.91. The number of carbonyl (C=O) groups is 2. The fourth-order valence-electron chi connectivity index (χ4n) is 4.48. The van der Waals surface area contributed by atoms with Crippen LogP contribution in [0.3, 0.4) is 0 Å². The maximum absolute atomic E-state index is 13.4. The molecule has 2 atom stereocenters. The maximum Gasteiger partial charge on any atom is 0.416 e. The van der Waals surface area contributed by atoms with E-state index in [1.165, 1.54) is 31.3 Å². The van der Waals surface area contributed by atoms with Crippen molar-refractivity contribution in [1.82, 2.24) is 4.90 Å². The lowest BCUT2D eigenvalue weighted by Gasteiger charge is -2.42. The van der Waals surface area contributed by atoms with Gasteiger partial charge in [0.1, 0.15) is 0 Å². The number of halogens is 6. The zero-order chi connectivity index (χ0) is 28.4. The van der Waals surface area contributed by atoms with Crippen molar-refractivity contribution in [1.29, 1.82) is 0 Å². The van der Waals surface area contributed by atoms with Crippen molar-refractivity contribution in [2.24, 2.45) is 0 Å². The number of hydrogen-bond acceptors (Lipinski definition) is 5. The third-order valence-corrected chi connectivity index (χ3v) is 6.17. The van der Waals surface area contributed by atoms with E-state index in [-0.39, 0.29) is 36.2 Å². The minimum Gasteiger partial charge on any atom is -0.493 e. The molecule has 0 bridgehead atoms. The Morgan fingerprint density at radius 2 is 1.55 bits per heavy atom. The van der Waals surface area contributed by atoms with Crippen LogP contribution in [0.5, 0.6) is 11.5 Å². The minimum atomic E-state index is -5.03. The van der Waals surface area contributed by atoms with Crippen LogP contribution in [0.1, 0.15) is 48.6 Å². The molecule has 2 aromatic carbocycles. The van der Waals surface area contributed by atoms with Gasteiger partial charge in [-0.15, -0.1) is 0 Å². The number of alkyl halides is 6. The van der Waals surface area contributed by atoms with Gasteiger partial charge in [-0.2, -0.15) is 26.3 Å². The molecule has 0 N–H and O–H groups in total. The number of amides is 2. The molecule has 2 amide bonds. The number of hydrogen-bond donors (Lipinski definition) is 0. The topological polar surface area (TPSA) is 68.3 Å². The molecule has 38 heavy (non-hydrogen) atoms. The van der Waals surface area contributed by atoms with E-state index < -0.39 is 48.2 Å². The molecule has 7 nitrogen and oxygen atoms in total. The first-order valence-electron chi connectivity index (χ1n) is 11.5. The molecule has 208 valence electrons. The number of methoxy groups -OCH3 is 2. The average molecular weight is 548 g/mol. The second-order valence-electron chi connectivity index (χ2n) is 8.63. The summed E-state index contributed by atoms with van der Waals surface area (Å²) >= 11 is 0. The summed E-state index contributed by atoms with van der Waals surface area (Å²) in [5.74, 6) is 0.512. The van der Waals surface area contributed by atoms with Crippen molar-refractivity contribution in [3.05, 3.63) is 52.6 Å². The van der Waals surface area contributed by atoms with Gasteiger partial charge in [-0.25, -0.2) is 4.79 Å². The lowest BCUT2D eigenvalue weighted by molar-refractivity contribution is -0.143. The van der Waals surface area contributed by atoms with E-state index in [0.29, 0.717) is 29.8 Å². The molecule has 13 heteroatoms. The summed E-state index contributed by atoms with van der Waals surface area (Å²) in [6, 6.07) is 2.83. The number of anilines is 1. The van der Waals surface area contributed by atoms with E-state index in [1.807, 2.05) is 0 Å². The lowest BCUT2D eigenvalue weighted by Crippen LogP contribution is -2.46. The van der Waals surface area contributed by atoms with Crippen molar-refractivity contribution in [3.8, 4) is 11.5 Å². The fraction of sp³-hybridized carbons (Fsp3) is 0.440. The van der Waals surface area contributed by atoms with Crippen LogP contribution in [0.25, 0.3) is 0 Å². The van der Waals surface area contributed by atoms with E-state index in [0.717, 1.165) is 4.90 Å². The highest BCUT2D eigenvalue weighted by atomic mass is 19.4. The van der Waals surface area contributed by atoms with Gasteiger partial charge in [0.15, 0.2) is 11.5 Å². The van der Waals surface area contributed by atoms with Crippen molar-refractivity contribution in [3.63, 3.8) is 0 Å². The number of benzene rings is 2. The minimum absolute atomic E-state index is 0.0289. The van der Waals surface area contributed by atoms with Crippen LogP contribution in [0, 0.1) is 0 Å². The molecule has 0 saturated heterocycles. The highest BCUT2D eigenvalue weighted by Crippen LogP contribution is 2.46. The molecular weight excluding hydrogens is 522 g/mol. The Bertz CT molecular complexity index is 1150. The molecule has 0 aliphatic carbocycles. The molecule has 0 fully saturated rings. The van der Waals surface area contributed by atoms with Gasteiger partial charge in [-0.05, 0) is 50.1 Å². The van der Waals surface area contributed by atoms with Crippen LogP contribution in [0.15, 0.2) is 30.3 Å². The van der Waals surface area contributed by atoms with Crippen molar-refractivity contribution in [2.45, 2.75) is 51.2 Å². The van der Waals surface area contributed by atoms with E-state index in [4.69, 9.17) is 14.2 Å². The third-order valence-electron chi connectivity index (χ3n) is 6.17. The Balaban J connectivity index is 2.12. The predicted molar refractivity (Wildman–Crippen MR) is 124 cm³/mol. The molecular formula is C25H26F6N2O5. The molecule has 0 radical (unpaired) electrons. The standard InChI is InChI=1S/C25H26F6N2O5/c1-5-38-23(35)33-14(2)6-19(18-10-21(36-3)22(37-4)11-20(18)33)32(13-34)12-15-7-16(24(26,27)28)9-17(8-15)25(29,30)31/h7-11,13-14,19H,5-6,12H2,1-4H3/t14-,19+/m0/s1. The molecule has 3 rings (SSSR count). The second-order valence-corrected chi connectivity index (χ2v) is 8.63. The summed E-state index contributed by atoms with van der Waals surface area (Å²) < 4.78 is 96.1. The van der Waals surface area contributed by atoms with Gasteiger partial charge in [0.25, 0.3) is 0 Å². The number of carbonyl (C=O) groups excluding carboxylic acids is 2. The van der Waals surface area contributed by atoms with Gasteiger partial charge in [0, 0.05) is 24.2 Å². The fourth-order valence-corrected chi connectivity index (χ4v) is 4.48. The van der Waals surface area contributed by atoms with Crippen LogP contribution in [0.4, 0.5) is 36.8 Å².